The molecule has 1 heterocycles. The third-order valence-corrected chi connectivity index (χ3v) is 4.68. The number of anilines is 3. The molecule has 0 saturated carbocycles. The lowest BCUT2D eigenvalue weighted by Crippen LogP contribution is -2.13. The molecular weight excluding hydrogens is 364 g/mol. The van der Waals surface area contributed by atoms with Crippen LogP contribution in [-0.2, 0) is 12.8 Å². The summed E-state index contributed by atoms with van der Waals surface area (Å²) < 4.78 is 0. The fourth-order valence-electron chi connectivity index (χ4n) is 3.04. The number of nitrogens with one attached hydrogen (secondary N) is 2. The summed E-state index contributed by atoms with van der Waals surface area (Å²) in [6, 6.07) is 13.0. The van der Waals surface area contributed by atoms with Crippen LogP contribution < -0.4 is 10.6 Å². The topological polar surface area (TPSA) is 84.0 Å². The van der Waals surface area contributed by atoms with Crippen molar-refractivity contribution >= 4 is 29.0 Å². The van der Waals surface area contributed by atoms with E-state index in [4.69, 9.17) is 0 Å². The first-order valence-electron chi connectivity index (χ1n) is 9.64. The van der Waals surface area contributed by atoms with Crippen LogP contribution >= 0.6 is 0 Å². The molecule has 6 heteroatoms. The van der Waals surface area contributed by atoms with Crippen LogP contribution in [0, 0.1) is 0 Å². The van der Waals surface area contributed by atoms with Crippen LogP contribution in [0.1, 0.15) is 52.6 Å². The molecule has 6 nitrogen and oxygen atoms in total. The molecule has 0 bridgehead atoms. The van der Waals surface area contributed by atoms with Crippen molar-refractivity contribution in [3.63, 3.8) is 0 Å². The van der Waals surface area contributed by atoms with E-state index in [9.17, 15) is 9.59 Å². The summed E-state index contributed by atoms with van der Waals surface area (Å²) in [4.78, 5) is 32.6. The maximum atomic E-state index is 12.5. The molecule has 0 aliphatic heterocycles. The minimum absolute atomic E-state index is 0.0568. The first-order chi connectivity index (χ1) is 14.0. The molecule has 0 atom stereocenters. The standard InChI is InChI=1S/C23H24N4O2/c1-4-16-8-6-9-17(5-2)21(16)27-23-24-13-19(14-25-23)22(29)26-20-11-7-10-18(12-20)15(3)28/h6-14H,4-5H2,1-3H3,(H,26,29)(H,24,25,27). The molecule has 0 unspecified atom stereocenters. The van der Waals surface area contributed by atoms with Crippen LogP contribution in [0.25, 0.3) is 0 Å². The van der Waals surface area contributed by atoms with E-state index in [2.05, 4.69) is 52.6 Å². The number of nitrogens with zero attached hydrogens (tertiary/aromatic N) is 2. The van der Waals surface area contributed by atoms with Gasteiger partial charge in [0, 0.05) is 29.3 Å². The zero-order chi connectivity index (χ0) is 20.8. The van der Waals surface area contributed by atoms with Crippen molar-refractivity contribution in [3.05, 3.63) is 77.1 Å². The van der Waals surface area contributed by atoms with Crippen LogP contribution in [0.3, 0.4) is 0 Å². The lowest BCUT2D eigenvalue weighted by atomic mass is 10.0. The largest absolute Gasteiger partial charge is 0.324 e. The number of ketones is 1. The van der Waals surface area contributed by atoms with Gasteiger partial charge in [-0.25, -0.2) is 9.97 Å². The molecule has 2 N–H and O–H groups in total. The zero-order valence-corrected chi connectivity index (χ0v) is 16.8. The summed E-state index contributed by atoms with van der Waals surface area (Å²) in [5.74, 6) is 0.0508. The number of para-hydroxylation sites is 1. The van der Waals surface area contributed by atoms with E-state index in [1.165, 1.54) is 30.4 Å². The molecule has 0 radical (unpaired) electrons. The third kappa shape index (κ3) is 4.85. The van der Waals surface area contributed by atoms with E-state index in [1.807, 2.05) is 0 Å². The first-order valence-corrected chi connectivity index (χ1v) is 9.64. The van der Waals surface area contributed by atoms with Crippen LogP contribution in [0.4, 0.5) is 17.3 Å². The van der Waals surface area contributed by atoms with Gasteiger partial charge in [-0.1, -0.05) is 44.2 Å². The molecule has 1 amide bonds. The van der Waals surface area contributed by atoms with Crippen LogP contribution in [0.15, 0.2) is 54.9 Å². The van der Waals surface area contributed by atoms with Gasteiger partial charge in [-0.3, -0.25) is 9.59 Å². The summed E-state index contributed by atoms with van der Waals surface area (Å²) in [5.41, 5.74) is 4.84. The van der Waals surface area contributed by atoms with Gasteiger partial charge in [-0.15, -0.1) is 0 Å². The van der Waals surface area contributed by atoms with Crippen LogP contribution in [0.5, 0.6) is 0 Å². The molecule has 0 fully saturated rings. The highest BCUT2D eigenvalue weighted by molar-refractivity contribution is 6.04. The molecule has 3 aromatic rings. The first kappa shape index (κ1) is 20.2. The second kappa shape index (κ2) is 9.10. The zero-order valence-electron chi connectivity index (χ0n) is 16.8. The SMILES string of the molecule is CCc1cccc(CC)c1Nc1ncc(C(=O)Nc2cccc(C(C)=O)c2)cn1. The van der Waals surface area contributed by atoms with Gasteiger partial charge in [0.05, 0.1) is 5.56 Å². The van der Waals surface area contributed by atoms with Gasteiger partial charge in [0.2, 0.25) is 5.95 Å². The predicted octanol–water partition coefficient (Wildman–Crippen LogP) is 4.80. The van der Waals surface area contributed by atoms with Gasteiger partial charge in [-0.05, 0) is 43.0 Å². The Morgan fingerprint density at radius 3 is 2.10 bits per heavy atom. The Balaban J connectivity index is 1.75. The van der Waals surface area contributed by atoms with Crippen molar-refractivity contribution in [1.82, 2.24) is 9.97 Å². The van der Waals surface area contributed by atoms with E-state index in [-0.39, 0.29) is 11.7 Å². The smallest absolute Gasteiger partial charge is 0.258 e. The lowest BCUT2D eigenvalue weighted by molar-refractivity contribution is 0.101. The molecule has 2 aromatic carbocycles. The Kier molecular flexibility index (Phi) is 6.34. The van der Waals surface area contributed by atoms with Crippen molar-refractivity contribution < 1.29 is 9.59 Å². The number of rotatable bonds is 7. The Hall–Kier alpha value is -3.54. The predicted molar refractivity (Wildman–Crippen MR) is 115 cm³/mol. The van der Waals surface area contributed by atoms with Gasteiger partial charge in [0.15, 0.2) is 5.78 Å². The Bertz CT molecular complexity index is 1010. The van der Waals surface area contributed by atoms with Crippen molar-refractivity contribution in [1.29, 1.82) is 0 Å². The Labute approximate surface area is 170 Å². The molecule has 0 saturated heterocycles. The summed E-state index contributed by atoms with van der Waals surface area (Å²) in [7, 11) is 0. The van der Waals surface area contributed by atoms with Crippen molar-refractivity contribution in [2.24, 2.45) is 0 Å². The normalized spacial score (nSPS) is 10.4. The minimum Gasteiger partial charge on any atom is -0.324 e. The number of aryl methyl sites for hydroxylation is 2. The minimum atomic E-state index is -0.333. The Morgan fingerprint density at radius 1 is 0.897 bits per heavy atom. The molecule has 29 heavy (non-hydrogen) atoms. The van der Waals surface area contributed by atoms with E-state index in [0.717, 1.165) is 18.5 Å². The summed E-state index contributed by atoms with van der Waals surface area (Å²) in [6.45, 7) is 5.70. The number of hydrogen-bond donors (Lipinski definition) is 2. The molecule has 1 aromatic heterocycles. The second-order valence-corrected chi connectivity index (χ2v) is 6.67. The van der Waals surface area contributed by atoms with Crippen LogP contribution in [0.2, 0.25) is 0 Å². The van der Waals surface area contributed by atoms with Crippen molar-refractivity contribution in [2.45, 2.75) is 33.6 Å². The van der Waals surface area contributed by atoms with E-state index >= 15 is 0 Å². The summed E-state index contributed by atoms with van der Waals surface area (Å²) >= 11 is 0. The lowest BCUT2D eigenvalue weighted by Gasteiger charge is -2.14. The number of carbonyl (C=O) groups excluding carboxylic acids is 2. The van der Waals surface area contributed by atoms with Crippen LogP contribution in [-0.4, -0.2) is 21.7 Å². The number of Topliss-reactive ketones (excluding diaryl/α,β-unsaturated/α-hetero) is 1. The van der Waals surface area contributed by atoms with Gasteiger partial charge in [0.25, 0.3) is 5.91 Å². The Morgan fingerprint density at radius 2 is 1.52 bits per heavy atom. The van der Waals surface area contributed by atoms with E-state index in [0.29, 0.717) is 22.8 Å². The number of benzene rings is 2. The van der Waals surface area contributed by atoms with Gasteiger partial charge in [-0.2, -0.15) is 0 Å². The van der Waals surface area contributed by atoms with Gasteiger partial charge >= 0.3 is 0 Å². The maximum absolute atomic E-state index is 12.5. The monoisotopic (exact) mass is 388 g/mol. The fourth-order valence-corrected chi connectivity index (χ4v) is 3.04. The molecule has 0 aliphatic rings. The quantitative estimate of drug-likeness (QED) is 0.568. The fraction of sp³-hybridized carbons (Fsp3) is 0.217. The van der Waals surface area contributed by atoms with Crippen molar-refractivity contribution in [3.8, 4) is 0 Å². The molecular formula is C23H24N4O2. The molecule has 0 spiro atoms. The summed E-state index contributed by atoms with van der Waals surface area (Å²) in [6.07, 6.45) is 4.77. The third-order valence-electron chi connectivity index (χ3n) is 4.68. The molecule has 3 rings (SSSR count). The number of hydrogen-bond acceptors (Lipinski definition) is 5. The second-order valence-electron chi connectivity index (χ2n) is 6.67. The highest BCUT2D eigenvalue weighted by Gasteiger charge is 2.11. The van der Waals surface area contributed by atoms with Crippen molar-refractivity contribution in [2.75, 3.05) is 10.6 Å². The number of aromatic nitrogens is 2. The number of amides is 1. The van der Waals surface area contributed by atoms with Gasteiger partial charge < -0.3 is 10.6 Å². The average Bonchev–Trinajstić information content (AvgIpc) is 2.74. The average molecular weight is 388 g/mol. The van der Waals surface area contributed by atoms with Gasteiger partial charge in [0.1, 0.15) is 0 Å². The maximum Gasteiger partial charge on any atom is 0.258 e. The summed E-state index contributed by atoms with van der Waals surface area (Å²) in [5, 5.41) is 6.05. The number of carbonyl (C=O) groups is 2. The highest BCUT2D eigenvalue weighted by atomic mass is 16.1. The van der Waals surface area contributed by atoms with E-state index < -0.39 is 0 Å². The van der Waals surface area contributed by atoms with E-state index in [1.54, 1.807) is 24.3 Å². The molecule has 148 valence electrons. The highest BCUT2D eigenvalue weighted by Crippen LogP contribution is 2.25. The molecule has 0 aliphatic carbocycles.